The number of esters is 2. The highest BCUT2D eigenvalue weighted by molar-refractivity contribution is 7.45. The van der Waals surface area contributed by atoms with Crippen LogP contribution in [-0.2, 0) is 37.5 Å². The minimum Gasteiger partial charge on any atom is -0.756 e. The van der Waals surface area contributed by atoms with Gasteiger partial charge in [0.1, 0.15) is 19.8 Å². The number of hydrogen-bond acceptors (Lipinski definition) is 9. The number of ether oxygens (including phenoxy) is 2. The van der Waals surface area contributed by atoms with E-state index in [2.05, 4.69) is 80.7 Å². The van der Waals surface area contributed by atoms with Crippen LogP contribution in [0.1, 0.15) is 136 Å². The van der Waals surface area contributed by atoms with E-state index in [9.17, 15) is 23.8 Å². The van der Waals surface area contributed by atoms with Crippen LogP contribution in [0.15, 0.2) is 97.2 Å². The highest BCUT2D eigenvalue weighted by atomic mass is 31.2. The minimum absolute atomic E-state index is 0.0815. The Balaban J connectivity index is 4.68. The lowest BCUT2D eigenvalue weighted by molar-refractivity contribution is -0.870. The third kappa shape index (κ3) is 42.5. The number of rotatable bonds is 38. The topological polar surface area (TPSA) is 128 Å². The van der Waals surface area contributed by atoms with Crippen LogP contribution in [0.5, 0.6) is 0 Å². The fraction of sp³-hybridized carbons (Fsp3) is 0.604. The van der Waals surface area contributed by atoms with Crippen molar-refractivity contribution in [3.8, 4) is 0 Å². The first-order valence-corrected chi connectivity index (χ1v) is 23.4. The summed E-state index contributed by atoms with van der Waals surface area (Å²) in [6, 6.07) is 0. The van der Waals surface area contributed by atoms with Crippen molar-refractivity contribution in [1.82, 2.24) is 0 Å². The molecule has 0 aliphatic heterocycles. The summed E-state index contributed by atoms with van der Waals surface area (Å²) in [6.07, 6.45) is 47.4. The number of quaternary nitrogens is 1. The molecule has 0 amide bonds. The fourth-order valence-electron chi connectivity index (χ4n) is 5.07. The molecule has 0 aliphatic rings. The van der Waals surface area contributed by atoms with Gasteiger partial charge in [-0.1, -0.05) is 131 Å². The van der Waals surface area contributed by atoms with Crippen molar-refractivity contribution < 1.29 is 46.8 Å². The third-order valence-corrected chi connectivity index (χ3v) is 9.52. The zero-order valence-corrected chi connectivity index (χ0v) is 38.0. The van der Waals surface area contributed by atoms with Gasteiger partial charge in [0.15, 0.2) is 11.9 Å². The molecule has 334 valence electrons. The SMILES string of the molecule is CCCCC/C=C\C/C=C\C/C=C\C=C\C(=O)CCCC(=O)O[C@H](COC(=O)CCC/C=C\C/C=C\C/C=C\C/C=C\CCCCC)COP(=O)([O-])OCC[N+](C)(C)C. The molecule has 0 rings (SSSR count). The smallest absolute Gasteiger partial charge is 0.306 e. The Bertz CT molecular complexity index is 1380. The first-order chi connectivity index (χ1) is 28.4. The second-order valence-corrected chi connectivity index (χ2v) is 16.8. The molecule has 0 aromatic heterocycles. The molecule has 0 aromatic carbocycles. The van der Waals surface area contributed by atoms with Crippen molar-refractivity contribution in [2.75, 3.05) is 47.5 Å². The molecule has 0 saturated heterocycles. The molecule has 10 nitrogen and oxygen atoms in total. The van der Waals surface area contributed by atoms with Crippen LogP contribution >= 0.6 is 7.82 Å². The number of phosphoric acid groups is 1. The zero-order chi connectivity index (χ0) is 43.7. The standard InChI is InChI=1S/C48H78NO9P/c1-6-8-10-12-14-16-18-20-21-22-23-25-27-29-31-33-35-39-47(51)55-43-46(44-57-59(53,54)56-42-41-49(3,4)5)58-48(52)40-36-38-45(50)37-34-32-30-28-26-24-19-17-15-13-11-9-7-2/h14-17,20-21,23-26,29-32,34,37,46H,6-13,18-19,22,27-28,33,35-36,38-44H2,1-5H3/b16-14-,17-15-,21-20-,25-23-,26-24-,31-29-,32-30-,37-34+/t46-/m1/s1. The lowest BCUT2D eigenvalue weighted by Crippen LogP contribution is -2.37. The average Bonchev–Trinajstić information content (AvgIpc) is 3.18. The summed E-state index contributed by atoms with van der Waals surface area (Å²) in [4.78, 5) is 49.8. The molecular formula is C48H78NO9P. The third-order valence-electron chi connectivity index (χ3n) is 8.55. The van der Waals surface area contributed by atoms with Gasteiger partial charge in [-0.3, -0.25) is 18.9 Å². The predicted octanol–water partition coefficient (Wildman–Crippen LogP) is 11.1. The molecule has 2 atom stereocenters. The normalized spacial score (nSPS) is 14.4. The predicted molar refractivity (Wildman–Crippen MR) is 240 cm³/mol. The number of carbonyl (C=O) groups excluding carboxylic acids is 3. The molecular weight excluding hydrogens is 766 g/mol. The number of nitrogens with zero attached hydrogens (tertiary/aromatic N) is 1. The van der Waals surface area contributed by atoms with Crippen LogP contribution < -0.4 is 4.89 Å². The Kier molecular flexibility index (Phi) is 36.5. The van der Waals surface area contributed by atoms with E-state index >= 15 is 0 Å². The van der Waals surface area contributed by atoms with Gasteiger partial charge >= 0.3 is 11.9 Å². The second kappa shape index (κ2) is 38.8. The molecule has 0 aliphatic carbocycles. The van der Waals surface area contributed by atoms with E-state index in [1.807, 2.05) is 39.4 Å². The minimum atomic E-state index is -4.71. The van der Waals surface area contributed by atoms with E-state index in [1.54, 1.807) is 6.08 Å². The molecule has 0 spiro atoms. The van der Waals surface area contributed by atoms with E-state index < -0.39 is 32.5 Å². The van der Waals surface area contributed by atoms with E-state index in [4.69, 9.17) is 18.5 Å². The van der Waals surface area contributed by atoms with Crippen molar-refractivity contribution in [2.45, 2.75) is 142 Å². The van der Waals surface area contributed by atoms with E-state index in [-0.39, 0.29) is 44.7 Å². The van der Waals surface area contributed by atoms with Crippen molar-refractivity contribution in [2.24, 2.45) is 0 Å². The van der Waals surface area contributed by atoms with Gasteiger partial charge in [-0.2, -0.15) is 0 Å². The van der Waals surface area contributed by atoms with Gasteiger partial charge in [0, 0.05) is 19.3 Å². The molecule has 1 unspecified atom stereocenters. The van der Waals surface area contributed by atoms with Crippen molar-refractivity contribution in [1.29, 1.82) is 0 Å². The van der Waals surface area contributed by atoms with Crippen LogP contribution in [0, 0.1) is 0 Å². The van der Waals surface area contributed by atoms with Gasteiger partial charge in [0.2, 0.25) is 0 Å². The van der Waals surface area contributed by atoms with Gasteiger partial charge in [-0.15, -0.1) is 0 Å². The van der Waals surface area contributed by atoms with Crippen LogP contribution in [-0.4, -0.2) is 75.8 Å². The molecule has 0 heterocycles. The van der Waals surface area contributed by atoms with E-state index in [1.165, 1.54) is 44.6 Å². The average molecular weight is 844 g/mol. The number of ketones is 1. The number of phosphoric ester groups is 1. The van der Waals surface area contributed by atoms with Crippen molar-refractivity contribution >= 4 is 25.5 Å². The van der Waals surface area contributed by atoms with Crippen molar-refractivity contribution in [3.63, 3.8) is 0 Å². The Morgan fingerprint density at radius 2 is 1.07 bits per heavy atom. The van der Waals surface area contributed by atoms with Gasteiger partial charge in [0.05, 0.1) is 27.7 Å². The molecule has 0 N–H and O–H groups in total. The number of carbonyl (C=O) groups is 3. The van der Waals surface area contributed by atoms with Crippen LogP contribution in [0.4, 0.5) is 0 Å². The molecule has 59 heavy (non-hydrogen) atoms. The zero-order valence-electron chi connectivity index (χ0n) is 37.1. The molecule has 0 fully saturated rings. The second-order valence-electron chi connectivity index (χ2n) is 15.4. The maximum atomic E-state index is 12.7. The lowest BCUT2D eigenvalue weighted by atomic mass is 10.1. The lowest BCUT2D eigenvalue weighted by Gasteiger charge is -2.28. The van der Waals surface area contributed by atoms with Gasteiger partial charge in [-0.25, -0.2) is 0 Å². The molecule has 0 bridgehead atoms. The Hall–Kier alpha value is -3.40. The molecule has 11 heteroatoms. The summed E-state index contributed by atoms with van der Waals surface area (Å²) in [5.74, 6) is -1.30. The molecule has 0 saturated carbocycles. The summed E-state index contributed by atoms with van der Waals surface area (Å²) >= 11 is 0. The van der Waals surface area contributed by atoms with E-state index in [0.29, 0.717) is 23.9 Å². The van der Waals surface area contributed by atoms with Crippen LogP contribution in [0.25, 0.3) is 0 Å². The van der Waals surface area contributed by atoms with Crippen LogP contribution in [0.2, 0.25) is 0 Å². The van der Waals surface area contributed by atoms with Crippen LogP contribution in [0.3, 0.4) is 0 Å². The summed E-state index contributed by atoms with van der Waals surface area (Å²) in [5.41, 5.74) is 0. The Labute approximate surface area is 358 Å². The summed E-state index contributed by atoms with van der Waals surface area (Å²) in [6.45, 7) is 3.79. The van der Waals surface area contributed by atoms with E-state index in [0.717, 1.165) is 44.9 Å². The number of allylic oxidation sites excluding steroid dienone is 16. The first-order valence-electron chi connectivity index (χ1n) is 21.9. The first kappa shape index (κ1) is 55.6. The highest BCUT2D eigenvalue weighted by Gasteiger charge is 2.21. The summed E-state index contributed by atoms with van der Waals surface area (Å²) < 4.78 is 33.6. The maximum absolute atomic E-state index is 12.7. The number of likely N-dealkylation sites (N-methyl/N-ethyl adjacent to an activating group) is 1. The summed E-state index contributed by atoms with van der Waals surface area (Å²) in [5, 5.41) is 0. The quantitative estimate of drug-likeness (QED) is 0.0113. The summed E-state index contributed by atoms with van der Waals surface area (Å²) in [7, 11) is 0.973. The van der Waals surface area contributed by atoms with Gasteiger partial charge in [0.25, 0.3) is 7.82 Å². The van der Waals surface area contributed by atoms with Gasteiger partial charge < -0.3 is 27.9 Å². The van der Waals surface area contributed by atoms with Gasteiger partial charge in [-0.05, 0) is 83.1 Å². The number of unbranched alkanes of at least 4 members (excludes halogenated alkanes) is 7. The number of hydrogen-bond donors (Lipinski definition) is 0. The highest BCUT2D eigenvalue weighted by Crippen LogP contribution is 2.38. The Morgan fingerprint density at radius 1 is 0.576 bits per heavy atom. The maximum Gasteiger partial charge on any atom is 0.306 e. The largest absolute Gasteiger partial charge is 0.756 e. The fourth-order valence-corrected chi connectivity index (χ4v) is 5.80. The Morgan fingerprint density at radius 3 is 1.59 bits per heavy atom. The molecule has 0 radical (unpaired) electrons. The van der Waals surface area contributed by atoms with Crippen molar-refractivity contribution in [3.05, 3.63) is 97.2 Å². The monoisotopic (exact) mass is 844 g/mol. The molecule has 0 aromatic rings.